The maximum atomic E-state index is 12.1. The van der Waals surface area contributed by atoms with Crippen molar-refractivity contribution in [3.8, 4) is 5.75 Å². The molecular weight excluding hydrogens is 370 g/mol. The van der Waals surface area contributed by atoms with Crippen LogP contribution in [-0.2, 0) is 11.2 Å². The van der Waals surface area contributed by atoms with Crippen LogP contribution in [0.3, 0.4) is 0 Å². The summed E-state index contributed by atoms with van der Waals surface area (Å²) in [6.07, 6.45) is 0.619. The quantitative estimate of drug-likeness (QED) is 0.625. The third kappa shape index (κ3) is 4.65. The molecule has 2 aromatic rings. The van der Waals surface area contributed by atoms with E-state index in [9.17, 15) is 4.79 Å². The SMILES string of the molecule is COc1ccc(/C(C)=N/N=C2\NC(=O)[C@H](Cc3ccc(Cl)cc3)S2)cc1. The Hall–Kier alpha value is -2.31. The third-order valence-corrected chi connectivity index (χ3v) is 5.23. The van der Waals surface area contributed by atoms with Crippen molar-refractivity contribution in [2.75, 3.05) is 7.11 Å². The Morgan fingerprint density at radius 1 is 1.19 bits per heavy atom. The number of amidine groups is 1. The average Bonchev–Trinajstić information content (AvgIpc) is 3.01. The molecule has 0 unspecified atom stereocenters. The number of methoxy groups -OCH3 is 1. The highest BCUT2D eigenvalue weighted by molar-refractivity contribution is 8.15. The second-order valence-electron chi connectivity index (χ2n) is 5.75. The number of hydrogen-bond donors (Lipinski definition) is 1. The molecule has 5 nitrogen and oxygen atoms in total. The van der Waals surface area contributed by atoms with Crippen LogP contribution in [0, 0.1) is 0 Å². The van der Waals surface area contributed by atoms with Crippen molar-refractivity contribution in [1.82, 2.24) is 5.32 Å². The molecule has 1 fully saturated rings. The van der Waals surface area contributed by atoms with Crippen molar-refractivity contribution < 1.29 is 9.53 Å². The molecule has 1 atom stereocenters. The van der Waals surface area contributed by atoms with Gasteiger partial charge in [-0.05, 0) is 60.9 Å². The number of amides is 1. The number of thioether (sulfide) groups is 1. The fourth-order valence-corrected chi connectivity index (χ4v) is 3.52. The molecule has 0 saturated carbocycles. The number of ether oxygens (including phenoxy) is 1. The molecule has 0 radical (unpaired) electrons. The first-order valence-corrected chi connectivity index (χ1v) is 9.29. The van der Waals surface area contributed by atoms with E-state index in [2.05, 4.69) is 15.5 Å². The number of carbonyl (C=O) groups excluding carboxylic acids is 1. The van der Waals surface area contributed by atoms with Gasteiger partial charge in [-0.3, -0.25) is 4.79 Å². The number of rotatable bonds is 5. The fraction of sp³-hybridized carbons (Fsp3) is 0.211. The molecule has 1 aliphatic heterocycles. The Morgan fingerprint density at radius 2 is 1.88 bits per heavy atom. The summed E-state index contributed by atoms with van der Waals surface area (Å²) >= 11 is 7.28. The Bertz CT molecular complexity index is 848. The summed E-state index contributed by atoms with van der Waals surface area (Å²) in [6.45, 7) is 1.87. The molecule has 0 bridgehead atoms. The highest BCUT2D eigenvalue weighted by Gasteiger charge is 2.30. The van der Waals surface area contributed by atoms with Gasteiger partial charge in [-0.25, -0.2) is 0 Å². The molecule has 7 heteroatoms. The van der Waals surface area contributed by atoms with Crippen LogP contribution >= 0.6 is 23.4 Å². The van der Waals surface area contributed by atoms with Crippen molar-refractivity contribution in [3.05, 3.63) is 64.7 Å². The van der Waals surface area contributed by atoms with Crippen molar-refractivity contribution in [2.24, 2.45) is 10.2 Å². The zero-order chi connectivity index (χ0) is 18.5. The van der Waals surface area contributed by atoms with Crippen LogP contribution in [0.1, 0.15) is 18.1 Å². The second kappa shape index (κ2) is 8.38. The Balaban J connectivity index is 1.65. The largest absolute Gasteiger partial charge is 0.497 e. The van der Waals surface area contributed by atoms with Gasteiger partial charge < -0.3 is 10.1 Å². The highest BCUT2D eigenvalue weighted by Crippen LogP contribution is 2.24. The fourth-order valence-electron chi connectivity index (χ4n) is 2.43. The van der Waals surface area contributed by atoms with Gasteiger partial charge in [0.25, 0.3) is 0 Å². The topological polar surface area (TPSA) is 63.1 Å². The second-order valence-corrected chi connectivity index (χ2v) is 7.37. The Morgan fingerprint density at radius 3 is 2.54 bits per heavy atom. The van der Waals surface area contributed by atoms with Crippen LogP contribution in [-0.4, -0.2) is 29.1 Å². The third-order valence-electron chi connectivity index (χ3n) is 3.91. The lowest BCUT2D eigenvalue weighted by molar-refractivity contribution is -0.118. The predicted octanol–water partition coefficient (Wildman–Crippen LogP) is 3.90. The number of hydrogen-bond acceptors (Lipinski definition) is 5. The van der Waals surface area contributed by atoms with Gasteiger partial charge in [-0.2, -0.15) is 5.10 Å². The Labute approximate surface area is 161 Å². The van der Waals surface area contributed by atoms with Crippen molar-refractivity contribution in [2.45, 2.75) is 18.6 Å². The van der Waals surface area contributed by atoms with E-state index >= 15 is 0 Å². The first-order chi connectivity index (χ1) is 12.5. The number of halogens is 1. The van der Waals surface area contributed by atoms with Gasteiger partial charge in [0.1, 0.15) is 5.75 Å². The highest BCUT2D eigenvalue weighted by atomic mass is 35.5. The van der Waals surface area contributed by atoms with Gasteiger partial charge in [-0.1, -0.05) is 35.5 Å². The van der Waals surface area contributed by atoms with Crippen molar-refractivity contribution in [3.63, 3.8) is 0 Å². The van der Waals surface area contributed by atoms with Crippen molar-refractivity contribution in [1.29, 1.82) is 0 Å². The van der Waals surface area contributed by atoms with E-state index in [4.69, 9.17) is 16.3 Å². The van der Waals surface area contributed by atoms with Gasteiger partial charge in [0, 0.05) is 5.02 Å². The normalized spacial score (nSPS) is 18.9. The molecule has 1 saturated heterocycles. The molecule has 1 N–H and O–H groups in total. The first-order valence-electron chi connectivity index (χ1n) is 8.04. The smallest absolute Gasteiger partial charge is 0.239 e. The summed E-state index contributed by atoms with van der Waals surface area (Å²) in [5.74, 6) is 0.734. The monoisotopic (exact) mass is 387 g/mol. The van der Waals surface area contributed by atoms with Crippen LogP contribution in [0.15, 0.2) is 58.7 Å². The van der Waals surface area contributed by atoms with Crippen LogP contribution < -0.4 is 10.1 Å². The van der Waals surface area contributed by atoms with E-state index in [1.54, 1.807) is 7.11 Å². The van der Waals surface area contributed by atoms with Crippen LogP contribution in [0.4, 0.5) is 0 Å². The van der Waals surface area contributed by atoms with Gasteiger partial charge in [0.2, 0.25) is 5.91 Å². The van der Waals surface area contributed by atoms with Gasteiger partial charge in [0.05, 0.1) is 18.1 Å². The summed E-state index contributed by atoms with van der Waals surface area (Å²) in [6, 6.07) is 15.1. The lowest BCUT2D eigenvalue weighted by atomic mass is 10.1. The molecule has 1 amide bonds. The molecule has 26 heavy (non-hydrogen) atoms. The minimum atomic E-state index is -0.216. The predicted molar refractivity (Wildman–Crippen MR) is 107 cm³/mol. The molecule has 0 aliphatic carbocycles. The van der Waals surface area contributed by atoms with Crippen molar-refractivity contribution >= 4 is 40.1 Å². The standard InChI is InChI=1S/C19H18ClN3O2S/c1-12(14-5-9-16(25-2)10-6-14)22-23-19-21-18(24)17(26-19)11-13-3-7-15(20)8-4-13/h3-10,17H,11H2,1-2H3,(H,21,23,24)/b22-12+/t17-/m0/s1. The summed E-state index contributed by atoms with van der Waals surface area (Å²) < 4.78 is 5.14. The zero-order valence-corrected chi connectivity index (χ0v) is 16.0. The zero-order valence-electron chi connectivity index (χ0n) is 14.4. The number of benzene rings is 2. The average molecular weight is 388 g/mol. The molecular formula is C19H18ClN3O2S. The van der Waals surface area contributed by atoms with E-state index in [-0.39, 0.29) is 11.2 Å². The summed E-state index contributed by atoms with van der Waals surface area (Å²) in [4.78, 5) is 12.1. The molecule has 2 aromatic carbocycles. The van der Waals surface area contributed by atoms with Gasteiger partial charge in [-0.15, -0.1) is 5.10 Å². The van der Waals surface area contributed by atoms with E-state index in [0.717, 1.165) is 22.6 Å². The number of nitrogens with one attached hydrogen (secondary N) is 1. The molecule has 0 spiro atoms. The molecule has 1 heterocycles. The van der Waals surface area contributed by atoms with E-state index in [1.807, 2.05) is 55.5 Å². The lowest BCUT2D eigenvalue weighted by Gasteiger charge is -2.05. The molecule has 134 valence electrons. The molecule has 1 aliphatic rings. The maximum Gasteiger partial charge on any atom is 0.239 e. The summed E-state index contributed by atoms with van der Waals surface area (Å²) in [7, 11) is 1.63. The lowest BCUT2D eigenvalue weighted by Crippen LogP contribution is -2.25. The first kappa shape index (κ1) is 18.5. The molecule has 3 rings (SSSR count). The van der Waals surface area contributed by atoms with Gasteiger partial charge in [0.15, 0.2) is 5.17 Å². The maximum absolute atomic E-state index is 12.1. The van der Waals surface area contributed by atoms with E-state index in [0.29, 0.717) is 16.6 Å². The Kier molecular flexibility index (Phi) is 5.96. The number of nitrogens with zero attached hydrogens (tertiary/aromatic N) is 2. The minimum absolute atomic E-state index is 0.0546. The van der Waals surface area contributed by atoms with Gasteiger partial charge >= 0.3 is 0 Å². The number of carbonyl (C=O) groups is 1. The molecule has 0 aromatic heterocycles. The van der Waals surface area contributed by atoms with Crippen LogP contribution in [0.5, 0.6) is 5.75 Å². The van der Waals surface area contributed by atoms with E-state index < -0.39 is 0 Å². The summed E-state index contributed by atoms with van der Waals surface area (Å²) in [5.41, 5.74) is 2.76. The van der Waals surface area contributed by atoms with Crippen LogP contribution in [0.25, 0.3) is 0 Å². The van der Waals surface area contributed by atoms with Crippen LogP contribution in [0.2, 0.25) is 5.02 Å². The van der Waals surface area contributed by atoms with E-state index in [1.165, 1.54) is 11.8 Å². The minimum Gasteiger partial charge on any atom is -0.497 e. The summed E-state index contributed by atoms with van der Waals surface area (Å²) in [5, 5.41) is 12.2.